The monoisotopic (exact) mass is 155 g/mol. The molecule has 0 aromatic heterocycles. The van der Waals surface area contributed by atoms with Crippen LogP contribution in [0.2, 0.25) is 0 Å². The Kier molecular flexibility index (Phi) is 3.04. The number of thiocarbonyl (C=S) groups is 1. The summed E-state index contributed by atoms with van der Waals surface area (Å²) in [7, 11) is 0. The molecule has 0 aromatic carbocycles. The predicted molar refractivity (Wildman–Crippen MR) is 46.4 cm³/mol. The molecule has 1 nitrogen and oxygen atoms in total. The van der Waals surface area contributed by atoms with Crippen LogP contribution >= 0.6 is 12.2 Å². The lowest BCUT2D eigenvalue weighted by molar-refractivity contribution is 0.560. The molecule has 0 N–H and O–H groups in total. The van der Waals surface area contributed by atoms with E-state index < -0.39 is 0 Å². The first-order valence-electron chi connectivity index (χ1n) is 3.93. The van der Waals surface area contributed by atoms with Crippen molar-refractivity contribution in [2.45, 2.75) is 38.6 Å². The van der Waals surface area contributed by atoms with Gasteiger partial charge in [-0.2, -0.15) is 0 Å². The summed E-state index contributed by atoms with van der Waals surface area (Å²) in [5, 5.41) is 2.46. The largest absolute Gasteiger partial charge is 0.229 e. The van der Waals surface area contributed by atoms with E-state index in [1.54, 1.807) is 0 Å². The average Bonchev–Trinajstić information content (AvgIpc) is 2.71. The Morgan fingerprint density at radius 1 is 1.70 bits per heavy atom. The highest BCUT2D eigenvalue weighted by atomic mass is 32.1. The molecule has 1 fully saturated rings. The van der Waals surface area contributed by atoms with E-state index in [2.05, 4.69) is 29.3 Å². The first-order chi connectivity index (χ1) is 4.86. The zero-order chi connectivity index (χ0) is 7.40. The summed E-state index contributed by atoms with van der Waals surface area (Å²) in [5.41, 5.74) is 0. The number of hydrogen-bond donors (Lipinski definition) is 0. The van der Waals surface area contributed by atoms with Crippen molar-refractivity contribution in [2.75, 3.05) is 0 Å². The molecule has 1 unspecified atom stereocenters. The molecule has 0 heterocycles. The van der Waals surface area contributed by atoms with Crippen LogP contribution in [-0.4, -0.2) is 11.2 Å². The molecule has 1 aliphatic rings. The Balaban J connectivity index is 2.24. The third-order valence-electron chi connectivity index (χ3n) is 2.01. The minimum absolute atomic E-state index is 0.463. The molecule has 0 saturated heterocycles. The quantitative estimate of drug-likeness (QED) is 0.449. The summed E-state index contributed by atoms with van der Waals surface area (Å²) in [6.45, 7) is 2.16. The SMILES string of the molecule is CCC(CC1CC1)N=C=S. The molecule has 0 spiro atoms. The molecule has 0 radical (unpaired) electrons. The minimum Gasteiger partial charge on any atom is -0.229 e. The number of rotatable bonds is 4. The highest BCUT2D eigenvalue weighted by Crippen LogP contribution is 2.34. The lowest BCUT2D eigenvalue weighted by atomic mass is 10.1. The van der Waals surface area contributed by atoms with E-state index in [1.165, 1.54) is 19.3 Å². The maximum Gasteiger partial charge on any atom is 0.0602 e. The Labute approximate surface area is 67.5 Å². The van der Waals surface area contributed by atoms with Crippen LogP contribution < -0.4 is 0 Å². The summed E-state index contributed by atoms with van der Waals surface area (Å²) < 4.78 is 0. The summed E-state index contributed by atoms with van der Waals surface area (Å²) in [6, 6.07) is 0.463. The van der Waals surface area contributed by atoms with Crippen molar-refractivity contribution in [2.24, 2.45) is 10.9 Å². The van der Waals surface area contributed by atoms with Gasteiger partial charge >= 0.3 is 0 Å². The number of isothiocyanates is 1. The van der Waals surface area contributed by atoms with Gasteiger partial charge in [0.05, 0.1) is 11.2 Å². The standard InChI is InChI=1S/C8H13NS/c1-2-8(9-6-10)5-7-3-4-7/h7-8H,2-5H2,1H3. The lowest BCUT2D eigenvalue weighted by Crippen LogP contribution is -2.02. The third kappa shape index (κ3) is 2.59. The molecule has 0 amide bonds. The molecule has 2 heteroatoms. The van der Waals surface area contributed by atoms with Crippen molar-refractivity contribution in [1.82, 2.24) is 0 Å². The average molecular weight is 155 g/mol. The van der Waals surface area contributed by atoms with Crippen molar-refractivity contribution in [3.63, 3.8) is 0 Å². The smallest absolute Gasteiger partial charge is 0.0602 e. The fourth-order valence-electron chi connectivity index (χ4n) is 1.12. The van der Waals surface area contributed by atoms with Gasteiger partial charge in [-0.05, 0) is 31.0 Å². The first-order valence-corrected chi connectivity index (χ1v) is 4.34. The van der Waals surface area contributed by atoms with Gasteiger partial charge in [0.25, 0.3) is 0 Å². The summed E-state index contributed by atoms with van der Waals surface area (Å²) in [5.74, 6) is 0.956. The summed E-state index contributed by atoms with van der Waals surface area (Å²) >= 11 is 4.55. The fraction of sp³-hybridized carbons (Fsp3) is 0.875. The van der Waals surface area contributed by atoms with Gasteiger partial charge < -0.3 is 0 Å². The second-order valence-corrected chi connectivity index (χ2v) is 3.14. The van der Waals surface area contributed by atoms with Gasteiger partial charge in [0, 0.05) is 0 Å². The molecule has 1 atom stereocenters. The van der Waals surface area contributed by atoms with Crippen LogP contribution in [0.1, 0.15) is 32.6 Å². The van der Waals surface area contributed by atoms with E-state index in [0.717, 1.165) is 12.3 Å². The van der Waals surface area contributed by atoms with E-state index in [0.29, 0.717) is 6.04 Å². The van der Waals surface area contributed by atoms with Crippen molar-refractivity contribution >= 4 is 17.4 Å². The normalized spacial score (nSPS) is 19.7. The molecule has 1 saturated carbocycles. The van der Waals surface area contributed by atoms with Crippen LogP contribution in [0.3, 0.4) is 0 Å². The van der Waals surface area contributed by atoms with Crippen LogP contribution in [0.15, 0.2) is 4.99 Å². The molecule has 0 aliphatic heterocycles. The highest BCUT2D eigenvalue weighted by Gasteiger charge is 2.24. The van der Waals surface area contributed by atoms with Crippen LogP contribution in [0.25, 0.3) is 0 Å². The second-order valence-electron chi connectivity index (χ2n) is 2.96. The Hall–Kier alpha value is -0.200. The van der Waals surface area contributed by atoms with Crippen LogP contribution in [0.4, 0.5) is 0 Å². The number of hydrogen-bond acceptors (Lipinski definition) is 2. The fourth-order valence-corrected chi connectivity index (χ4v) is 1.27. The summed E-state index contributed by atoms with van der Waals surface area (Å²) in [6.07, 6.45) is 5.16. The highest BCUT2D eigenvalue weighted by molar-refractivity contribution is 7.78. The Morgan fingerprint density at radius 2 is 2.40 bits per heavy atom. The van der Waals surface area contributed by atoms with E-state index >= 15 is 0 Å². The van der Waals surface area contributed by atoms with Crippen molar-refractivity contribution in [3.8, 4) is 0 Å². The lowest BCUT2D eigenvalue weighted by Gasteiger charge is -2.04. The molecular weight excluding hydrogens is 142 g/mol. The minimum atomic E-state index is 0.463. The molecule has 0 aromatic rings. The van der Waals surface area contributed by atoms with Gasteiger partial charge in [-0.25, -0.2) is 4.99 Å². The van der Waals surface area contributed by atoms with Gasteiger partial charge in [-0.15, -0.1) is 0 Å². The zero-order valence-electron chi connectivity index (χ0n) is 6.34. The summed E-state index contributed by atoms with van der Waals surface area (Å²) in [4.78, 5) is 4.09. The molecule has 0 bridgehead atoms. The maximum absolute atomic E-state index is 4.55. The van der Waals surface area contributed by atoms with Crippen molar-refractivity contribution < 1.29 is 0 Å². The maximum atomic E-state index is 4.55. The van der Waals surface area contributed by atoms with Crippen molar-refractivity contribution in [3.05, 3.63) is 0 Å². The van der Waals surface area contributed by atoms with Gasteiger partial charge in [0.15, 0.2) is 0 Å². The molecule has 56 valence electrons. The van der Waals surface area contributed by atoms with Crippen LogP contribution in [0.5, 0.6) is 0 Å². The molecule has 1 aliphatic carbocycles. The molecule has 1 rings (SSSR count). The van der Waals surface area contributed by atoms with E-state index in [4.69, 9.17) is 0 Å². The number of nitrogens with zero attached hydrogens (tertiary/aromatic N) is 1. The first kappa shape index (κ1) is 7.90. The van der Waals surface area contributed by atoms with E-state index in [9.17, 15) is 0 Å². The van der Waals surface area contributed by atoms with E-state index in [1.807, 2.05) is 0 Å². The zero-order valence-corrected chi connectivity index (χ0v) is 7.16. The van der Waals surface area contributed by atoms with Gasteiger partial charge in [0.1, 0.15) is 0 Å². The number of aliphatic imine (C=N–C) groups is 1. The molecular formula is C8H13NS. The van der Waals surface area contributed by atoms with E-state index in [-0.39, 0.29) is 0 Å². The van der Waals surface area contributed by atoms with Gasteiger partial charge in [-0.3, -0.25) is 0 Å². The topological polar surface area (TPSA) is 12.4 Å². The van der Waals surface area contributed by atoms with Crippen molar-refractivity contribution in [1.29, 1.82) is 0 Å². The van der Waals surface area contributed by atoms with Gasteiger partial charge in [0.2, 0.25) is 0 Å². The van der Waals surface area contributed by atoms with Gasteiger partial charge in [-0.1, -0.05) is 19.8 Å². The third-order valence-corrected chi connectivity index (χ3v) is 2.11. The second kappa shape index (κ2) is 3.85. The Bertz CT molecular complexity index is 145. The Morgan fingerprint density at radius 3 is 2.80 bits per heavy atom. The van der Waals surface area contributed by atoms with Crippen LogP contribution in [0, 0.1) is 5.92 Å². The predicted octanol–water partition coefficient (Wildman–Crippen LogP) is 2.67. The van der Waals surface area contributed by atoms with Crippen LogP contribution in [-0.2, 0) is 0 Å². The molecule has 10 heavy (non-hydrogen) atoms.